The summed E-state index contributed by atoms with van der Waals surface area (Å²) in [6.07, 6.45) is 1.41. The van der Waals surface area contributed by atoms with Gasteiger partial charge in [0, 0.05) is 18.7 Å². The van der Waals surface area contributed by atoms with E-state index >= 15 is 0 Å². The molecular weight excluding hydrogens is 330 g/mol. The summed E-state index contributed by atoms with van der Waals surface area (Å²) in [7, 11) is 0. The van der Waals surface area contributed by atoms with Crippen molar-refractivity contribution in [2.75, 3.05) is 4.90 Å². The lowest BCUT2D eigenvalue weighted by molar-refractivity contribution is -0.119. The molecule has 0 unspecified atom stereocenters. The van der Waals surface area contributed by atoms with Crippen molar-refractivity contribution in [3.05, 3.63) is 45.7 Å². The van der Waals surface area contributed by atoms with Crippen LogP contribution in [0.3, 0.4) is 0 Å². The number of hydrogen-bond donors (Lipinski definition) is 0. The Morgan fingerprint density at radius 1 is 1.29 bits per heavy atom. The number of carbonyl (C=O) groups is 1. The number of benzene rings is 1. The number of hydrogen-bond acceptors (Lipinski definition) is 2. The highest BCUT2D eigenvalue weighted by Crippen LogP contribution is 2.31. The molecule has 21 heavy (non-hydrogen) atoms. The van der Waals surface area contributed by atoms with E-state index < -0.39 is 0 Å². The van der Waals surface area contributed by atoms with Crippen LogP contribution in [0.1, 0.15) is 30.3 Å². The van der Waals surface area contributed by atoms with Gasteiger partial charge < -0.3 is 4.90 Å². The Morgan fingerprint density at radius 2 is 2.05 bits per heavy atom. The fourth-order valence-electron chi connectivity index (χ4n) is 2.84. The van der Waals surface area contributed by atoms with Crippen LogP contribution in [0.25, 0.3) is 0 Å². The average molecular weight is 348 g/mol. The highest BCUT2D eigenvalue weighted by atomic mass is 79.9. The Bertz CT molecular complexity index is 693. The molecule has 0 aliphatic carbocycles. The number of carbonyl (C=O) groups excluding carboxylic acids is 1. The summed E-state index contributed by atoms with van der Waals surface area (Å²) in [5.41, 5.74) is 4.29. The van der Waals surface area contributed by atoms with Gasteiger partial charge in [-0.2, -0.15) is 5.10 Å². The number of halogens is 1. The summed E-state index contributed by atoms with van der Waals surface area (Å²) in [5.74, 6) is 0.183. The van der Waals surface area contributed by atoms with Crippen molar-refractivity contribution in [2.45, 2.75) is 39.8 Å². The molecule has 0 bridgehead atoms. The first-order valence-electron chi connectivity index (χ1n) is 7.22. The first-order valence-corrected chi connectivity index (χ1v) is 8.01. The molecule has 1 aliphatic heterocycles. The van der Waals surface area contributed by atoms with Gasteiger partial charge in [0.15, 0.2) is 0 Å². The molecule has 0 atom stereocenters. The zero-order valence-electron chi connectivity index (χ0n) is 12.3. The van der Waals surface area contributed by atoms with Crippen molar-refractivity contribution in [2.24, 2.45) is 0 Å². The third kappa shape index (κ3) is 2.50. The molecule has 0 N–H and O–H groups in total. The summed E-state index contributed by atoms with van der Waals surface area (Å²) >= 11 is 3.61. The van der Waals surface area contributed by atoms with Crippen molar-refractivity contribution < 1.29 is 4.79 Å². The van der Waals surface area contributed by atoms with Gasteiger partial charge in [-0.1, -0.05) is 18.2 Å². The highest BCUT2D eigenvalue weighted by Gasteiger charge is 2.26. The minimum atomic E-state index is 0.183. The molecule has 0 radical (unpaired) electrons. The summed E-state index contributed by atoms with van der Waals surface area (Å²) in [6, 6.07) is 8.15. The zero-order valence-corrected chi connectivity index (χ0v) is 13.9. The molecule has 3 rings (SSSR count). The van der Waals surface area contributed by atoms with E-state index in [-0.39, 0.29) is 5.91 Å². The normalized spacial score (nSPS) is 14.4. The van der Waals surface area contributed by atoms with E-state index in [0.29, 0.717) is 13.0 Å². The fourth-order valence-corrected chi connectivity index (χ4v) is 3.25. The minimum Gasteiger partial charge on any atom is -0.306 e. The lowest BCUT2D eigenvalue weighted by Gasteiger charge is -2.29. The molecule has 2 heterocycles. The molecule has 2 aromatic rings. The molecule has 1 amide bonds. The molecule has 5 heteroatoms. The second-order valence-electron chi connectivity index (χ2n) is 5.27. The Labute approximate surface area is 132 Å². The number of aryl methyl sites for hydroxylation is 3. The summed E-state index contributed by atoms with van der Waals surface area (Å²) in [6.45, 7) is 5.40. The molecular formula is C16H18BrN3O. The molecule has 1 aromatic heterocycles. The first-order chi connectivity index (χ1) is 10.1. The van der Waals surface area contributed by atoms with Gasteiger partial charge in [-0.3, -0.25) is 9.48 Å². The summed E-state index contributed by atoms with van der Waals surface area (Å²) < 4.78 is 2.96. The van der Waals surface area contributed by atoms with Crippen LogP contribution in [-0.2, 0) is 24.3 Å². The topological polar surface area (TPSA) is 38.1 Å². The number of nitrogens with zero attached hydrogens (tertiary/aromatic N) is 3. The smallest absolute Gasteiger partial charge is 0.227 e. The van der Waals surface area contributed by atoms with Crippen LogP contribution in [0, 0.1) is 6.92 Å². The lowest BCUT2D eigenvalue weighted by atomic mass is 10.0. The largest absolute Gasteiger partial charge is 0.306 e. The van der Waals surface area contributed by atoms with Gasteiger partial charge in [-0.05, 0) is 47.8 Å². The van der Waals surface area contributed by atoms with Crippen LogP contribution in [0.4, 0.5) is 5.69 Å². The Kier molecular flexibility index (Phi) is 3.85. The predicted molar refractivity (Wildman–Crippen MR) is 86.3 cm³/mol. The van der Waals surface area contributed by atoms with E-state index in [1.807, 2.05) is 34.7 Å². The van der Waals surface area contributed by atoms with E-state index in [2.05, 4.69) is 34.0 Å². The van der Waals surface area contributed by atoms with Gasteiger partial charge in [-0.25, -0.2) is 0 Å². The predicted octanol–water partition coefficient (Wildman–Crippen LogP) is 3.45. The lowest BCUT2D eigenvalue weighted by Crippen LogP contribution is -2.35. The number of amides is 1. The van der Waals surface area contributed by atoms with Crippen LogP contribution >= 0.6 is 15.9 Å². The first kappa shape index (κ1) is 14.3. The SMILES string of the molecule is CCn1nc(C)c(Br)c1CN1C(=O)CCc2ccccc21. The summed E-state index contributed by atoms with van der Waals surface area (Å²) in [5, 5.41) is 4.51. The molecule has 110 valence electrons. The number of anilines is 1. The second-order valence-corrected chi connectivity index (χ2v) is 6.06. The zero-order chi connectivity index (χ0) is 15.0. The van der Waals surface area contributed by atoms with E-state index in [9.17, 15) is 4.79 Å². The molecule has 0 saturated carbocycles. The van der Waals surface area contributed by atoms with Crippen LogP contribution in [0.5, 0.6) is 0 Å². The Morgan fingerprint density at radius 3 is 2.81 bits per heavy atom. The molecule has 1 aliphatic rings. The number of aromatic nitrogens is 2. The molecule has 0 fully saturated rings. The van der Waals surface area contributed by atoms with Crippen molar-refractivity contribution >= 4 is 27.5 Å². The number of rotatable bonds is 3. The van der Waals surface area contributed by atoms with E-state index in [0.717, 1.165) is 34.5 Å². The van der Waals surface area contributed by atoms with Gasteiger partial charge in [0.05, 0.1) is 22.4 Å². The minimum absolute atomic E-state index is 0.183. The number of para-hydroxylation sites is 1. The summed E-state index contributed by atoms with van der Waals surface area (Å²) in [4.78, 5) is 14.2. The van der Waals surface area contributed by atoms with Gasteiger partial charge in [0.1, 0.15) is 0 Å². The highest BCUT2D eigenvalue weighted by molar-refractivity contribution is 9.10. The van der Waals surface area contributed by atoms with Crippen LogP contribution in [0.2, 0.25) is 0 Å². The molecule has 4 nitrogen and oxygen atoms in total. The molecule has 1 aromatic carbocycles. The van der Waals surface area contributed by atoms with Crippen molar-refractivity contribution in [1.29, 1.82) is 0 Å². The third-order valence-electron chi connectivity index (χ3n) is 3.95. The molecule has 0 spiro atoms. The van der Waals surface area contributed by atoms with E-state index in [1.165, 1.54) is 5.56 Å². The van der Waals surface area contributed by atoms with Gasteiger partial charge in [0.2, 0.25) is 5.91 Å². The van der Waals surface area contributed by atoms with Crippen molar-refractivity contribution in [3.8, 4) is 0 Å². The van der Waals surface area contributed by atoms with Crippen molar-refractivity contribution in [3.63, 3.8) is 0 Å². The monoisotopic (exact) mass is 347 g/mol. The van der Waals surface area contributed by atoms with Crippen LogP contribution in [-0.4, -0.2) is 15.7 Å². The number of fused-ring (bicyclic) bond motifs is 1. The fraction of sp³-hybridized carbons (Fsp3) is 0.375. The third-order valence-corrected chi connectivity index (χ3v) is 4.98. The second kappa shape index (κ2) is 5.64. The standard InChI is InChI=1S/C16H18BrN3O/c1-3-20-14(16(17)11(2)18-20)10-19-13-7-5-4-6-12(13)8-9-15(19)21/h4-7H,3,8-10H2,1-2H3. The van der Waals surface area contributed by atoms with Crippen LogP contribution < -0.4 is 4.90 Å². The van der Waals surface area contributed by atoms with Gasteiger partial charge in [-0.15, -0.1) is 0 Å². The van der Waals surface area contributed by atoms with E-state index in [4.69, 9.17) is 0 Å². The van der Waals surface area contributed by atoms with E-state index in [1.54, 1.807) is 0 Å². The quantitative estimate of drug-likeness (QED) is 0.852. The maximum absolute atomic E-state index is 12.4. The van der Waals surface area contributed by atoms with Gasteiger partial charge >= 0.3 is 0 Å². The Balaban J connectivity index is 2.00. The van der Waals surface area contributed by atoms with Crippen molar-refractivity contribution in [1.82, 2.24) is 9.78 Å². The Hall–Kier alpha value is -1.62. The average Bonchev–Trinajstić information content (AvgIpc) is 2.77. The maximum Gasteiger partial charge on any atom is 0.227 e. The molecule has 0 saturated heterocycles. The maximum atomic E-state index is 12.4. The van der Waals surface area contributed by atoms with Crippen LogP contribution in [0.15, 0.2) is 28.7 Å². The van der Waals surface area contributed by atoms with Gasteiger partial charge in [0.25, 0.3) is 0 Å².